The number of rotatable bonds is 5. The number of carbonyl (C=O) groups is 1. The normalized spacial score (nSPS) is 10.8. The lowest BCUT2D eigenvalue weighted by Crippen LogP contribution is -2.11. The highest BCUT2D eigenvalue weighted by Crippen LogP contribution is 2.25. The van der Waals surface area contributed by atoms with E-state index in [1.165, 1.54) is 0 Å². The molecule has 1 N–H and O–H groups in total. The minimum Gasteiger partial charge on any atom is -0.380 e. The van der Waals surface area contributed by atoms with E-state index in [-0.39, 0.29) is 5.13 Å². The Morgan fingerprint density at radius 3 is 2.60 bits per heavy atom. The van der Waals surface area contributed by atoms with Crippen molar-refractivity contribution in [3.8, 4) is 0 Å². The molecule has 106 valence electrons. The van der Waals surface area contributed by atoms with Crippen LogP contribution in [0.15, 0.2) is 24.3 Å². The summed E-state index contributed by atoms with van der Waals surface area (Å²) in [5, 5.41) is 8.83. The number of amides is 1. The Morgan fingerprint density at radius 2 is 2.05 bits per heavy atom. The van der Waals surface area contributed by atoms with Crippen molar-refractivity contribution >= 4 is 22.4 Å². The van der Waals surface area contributed by atoms with Crippen LogP contribution in [0.1, 0.15) is 27.4 Å². The van der Waals surface area contributed by atoms with Crippen LogP contribution in [-0.2, 0) is 11.3 Å². The minimum atomic E-state index is -2.69. The number of anilines is 1. The summed E-state index contributed by atoms with van der Waals surface area (Å²) in [6.07, 6.45) is -2.69. The van der Waals surface area contributed by atoms with Crippen molar-refractivity contribution in [2.75, 3.05) is 12.4 Å². The maximum absolute atomic E-state index is 12.3. The molecule has 0 radical (unpaired) electrons. The predicted octanol–water partition coefficient (Wildman–Crippen LogP) is 2.87. The molecule has 1 aromatic heterocycles. The second-order valence-electron chi connectivity index (χ2n) is 3.83. The van der Waals surface area contributed by atoms with Crippen LogP contribution < -0.4 is 5.32 Å². The number of nitrogens with one attached hydrogen (secondary N) is 1. The average molecular weight is 299 g/mol. The number of nitrogens with zero attached hydrogens (tertiary/aromatic N) is 2. The van der Waals surface area contributed by atoms with E-state index in [1.807, 2.05) is 0 Å². The predicted molar refractivity (Wildman–Crippen MR) is 70.0 cm³/mol. The number of hydrogen-bond acceptors (Lipinski definition) is 5. The molecule has 0 spiro atoms. The van der Waals surface area contributed by atoms with Gasteiger partial charge in [-0.25, -0.2) is 8.78 Å². The molecule has 0 aliphatic rings. The van der Waals surface area contributed by atoms with Crippen molar-refractivity contribution in [3.63, 3.8) is 0 Å². The summed E-state index contributed by atoms with van der Waals surface area (Å²) in [5.74, 6) is -0.425. The van der Waals surface area contributed by atoms with E-state index in [0.717, 1.165) is 5.56 Å². The molecule has 1 heterocycles. The molecule has 0 saturated heterocycles. The van der Waals surface area contributed by atoms with Crippen LogP contribution in [0, 0.1) is 0 Å². The number of hydrogen-bond donors (Lipinski definition) is 1. The molecule has 1 amide bonds. The highest BCUT2D eigenvalue weighted by molar-refractivity contribution is 7.15. The molecule has 0 aliphatic heterocycles. The average Bonchev–Trinajstić information content (AvgIpc) is 2.88. The van der Waals surface area contributed by atoms with E-state index >= 15 is 0 Å². The summed E-state index contributed by atoms with van der Waals surface area (Å²) in [4.78, 5) is 11.9. The Hall–Kier alpha value is -1.93. The Bertz CT molecular complexity index is 587. The molecule has 8 heteroatoms. The Morgan fingerprint density at radius 1 is 1.35 bits per heavy atom. The van der Waals surface area contributed by atoms with Crippen LogP contribution >= 0.6 is 11.3 Å². The first kappa shape index (κ1) is 14.5. The van der Waals surface area contributed by atoms with Crippen molar-refractivity contribution in [3.05, 3.63) is 40.4 Å². The van der Waals surface area contributed by atoms with Crippen LogP contribution in [0.3, 0.4) is 0 Å². The first-order valence-corrected chi connectivity index (χ1v) is 6.42. The van der Waals surface area contributed by atoms with Gasteiger partial charge in [-0.1, -0.05) is 23.5 Å². The number of carbonyl (C=O) groups excluding carboxylic acids is 1. The summed E-state index contributed by atoms with van der Waals surface area (Å²) in [6, 6.07) is 6.75. The Labute approximate surface area is 117 Å². The standard InChI is InChI=1S/C12H11F2N3O2S/c1-19-6-7-2-4-8(5-3-7)10(18)15-12-17-16-11(20-12)9(13)14/h2-5,9H,6H2,1H3,(H,15,17,18). The molecule has 0 aliphatic carbocycles. The van der Waals surface area contributed by atoms with Crippen LogP contribution in [0.25, 0.3) is 0 Å². The molecule has 2 aromatic rings. The molecule has 1 aromatic carbocycles. The van der Waals surface area contributed by atoms with Crippen LogP contribution in [0.2, 0.25) is 0 Å². The molecule has 5 nitrogen and oxygen atoms in total. The van der Waals surface area contributed by atoms with Gasteiger partial charge in [0.15, 0.2) is 5.01 Å². The second kappa shape index (κ2) is 6.49. The van der Waals surface area contributed by atoms with Gasteiger partial charge in [-0.15, -0.1) is 10.2 Å². The quantitative estimate of drug-likeness (QED) is 0.922. The lowest BCUT2D eigenvalue weighted by atomic mass is 10.1. The fourth-order valence-corrected chi connectivity index (χ4v) is 2.06. The first-order valence-electron chi connectivity index (χ1n) is 5.61. The topological polar surface area (TPSA) is 64.1 Å². The summed E-state index contributed by atoms with van der Waals surface area (Å²) in [5.41, 5.74) is 1.33. The summed E-state index contributed by atoms with van der Waals surface area (Å²) < 4.78 is 29.6. The van der Waals surface area contributed by atoms with Gasteiger partial charge in [0.05, 0.1) is 6.61 Å². The van der Waals surface area contributed by atoms with E-state index in [0.29, 0.717) is 23.5 Å². The summed E-state index contributed by atoms with van der Waals surface area (Å²) in [7, 11) is 1.58. The van der Waals surface area contributed by atoms with E-state index in [4.69, 9.17) is 4.74 Å². The van der Waals surface area contributed by atoms with Gasteiger partial charge in [-0.05, 0) is 17.7 Å². The van der Waals surface area contributed by atoms with Gasteiger partial charge in [-0.2, -0.15) is 0 Å². The Kier molecular flexibility index (Phi) is 4.70. The number of halogens is 2. The fraction of sp³-hybridized carbons (Fsp3) is 0.250. The maximum atomic E-state index is 12.3. The third-order valence-corrected chi connectivity index (χ3v) is 3.22. The molecule has 0 atom stereocenters. The largest absolute Gasteiger partial charge is 0.380 e. The summed E-state index contributed by atoms with van der Waals surface area (Å²) >= 11 is 0.651. The van der Waals surface area contributed by atoms with Gasteiger partial charge >= 0.3 is 0 Å². The molecule has 0 fully saturated rings. The molecule has 2 rings (SSSR count). The van der Waals surface area contributed by atoms with Crippen molar-refractivity contribution < 1.29 is 18.3 Å². The van der Waals surface area contributed by atoms with Crippen molar-refractivity contribution in [1.29, 1.82) is 0 Å². The van der Waals surface area contributed by atoms with Crippen molar-refractivity contribution in [2.24, 2.45) is 0 Å². The molecule has 0 unspecified atom stereocenters. The highest BCUT2D eigenvalue weighted by Gasteiger charge is 2.15. The van der Waals surface area contributed by atoms with Gasteiger partial charge < -0.3 is 4.74 Å². The monoisotopic (exact) mass is 299 g/mol. The smallest absolute Gasteiger partial charge is 0.291 e. The van der Waals surface area contributed by atoms with Crippen molar-refractivity contribution in [1.82, 2.24) is 10.2 Å². The zero-order valence-electron chi connectivity index (χ0n) is 10.5. The van der Waals surface area contributed by atoms with Gasteiger partial charge in [0, 0.05) is 12.7 Å². The molecular weight excluding hydrogens is 288 g/mol. The van der Waals surface area contributed by atoms with Crippen LogP contribution in [0.4, 0.5) is 13.9 Å². The van der Waals surface area contributed by atoms with Crippen LogP contribution in [-0.4, -0.2) is 23.2 Å². The number of alkyl halides is 2. The highest BCUT2D eigenvalue weighted by atomic mass is 32.1. The molecule has 20 heavy (non-hydrogen) atoms. The van der Waals surface area contributed by atoms with Gasteiger partial charge in [-0.3, -0.25) is 10.1 Å². The van der Waals surface area contributed by atoms with Gasteiger partial charge in [0.2, 0.25) is 5.13 Å². The van der Waals surface area contributed by atoms with E-state index in [2.05, 4.69) is 15.5 Å². The summed E-state index contributed by atoms with van der Waals surface area (Å²) in [6.45, 7) is 0.454. The van der Waals surface area contributed by atoms with Gasteiger partial charge in [0.1, 0.15) is 0 Å². The third-order valence-electron chi connectivity index (χ3n) is 2.37. The van der Waals surface area contributed by atoms with E-state index in [1.54, 1.807) is 31.4 Å². The first-order chi connectivity index (χ1) is 9.60. The number of methoxy groups -OCH3 is 1. The second-order valence-corrected chi connectivity index (χ2v) is 4.84. The van der Waals surface area contributed by atoms with Crippen LogP contribution in [0.5, 0.6) is 0 Å². The minimum absolute atomic E-state index is 0.0475. The van der Waals surface area contributed by atoms with E-state index in [9.17, 15) is 13.6 Å². The zero-order valence-corrected chi connectivity index (χ0v) is 11.3. The number of ether oxygens (including phenoxy) is 1. The Balaban J connectivity index is 2.03. The number of benzene rings is 1. The zero-order chi connectivity index (χ0) is 14.5. The fourth-order valence-electron chi connectivity index (χ4n) is 1.46. The molecular formula is C12H11F2N3O2S. The SMILES string of the molecule is COCc1ccc(C(=O)Nc2nnc(C(F)F)s2)cc1. The third kappa shape index (κ3) is 3.55. The lowest BCUT2D eigenvalue weighted by molar-refractivity contribution is 0.102. The maximum Gasteiger partial charge on any atom is 0.291 e. The van der Waals surface area contributed by atoms with E-state index < -0.39 is 17.3 Å². The molecule has 0 saturated carbocycles. The molecule has 0 bridgehead atoms. The van der Waals surface area contributed by atoms with Crippen molar-refractivity contribution in [2.45, 2.75) is 13.0 Å². The number of aromatic nitrogens is 2. The lowest BCUT2D eigenvalue weighted by Gasteiger charge is -2.03. The van der Waals surface area contributed by atoms with Gasteiger partial charge in [0.25, 0.3) is 12.3 Å².